The van der Waals surface area contributed by atoms with E-state index < -0.39 is 0 Å². The summed E-state index contributed by atoms with van der Waals surface area (Å²) in [6.45, 7) is 3.49. The zero-order chi connectivity index (χ0) is 7.56. The van der Waals surface area contributed by atoms with E-state index in [1.807, 2.05) is 0 Å². The number of likely N-dealkylation sites (N-methyl/N-ethyl adjacent to an activating group) is 1. The fourth-order valence-electron chi connectivity index (χ4n) is 1.48. The number of hydrogen-bond donors (Lipinski definition) is 1. The molecule has 0 aliphatic carbocycles. The van der Waals surface area contributed by atoms with Crippen LogP contribution in [-0.2, 0) is 0 Å². The van der Waals surface area contributed by atoms with Crippen molar-refractivity contribution in [3.63, 3.8) is 0 Å². The summed E-state index contributed by atoms with van der Waals surface area (Å²) in [6, 6.07) is 1.41. The highest BCUT2D eigenvalue weighted by molar-refractivity contribution is 4.82. The van der Waals surface area contributed by atoms with E-state index in [9.17, 15) is 0 Å². The summed E-state index contributed by atoms with van der Waals surface area (Å²) in [5.41, 5.74) is 0. The summed E-state index contributed by atoms with van der Waals surface area (Å²) in [5.74, 6) is 0. The largest absolute Gasteiger partial charge is 0.312 e. The van der Waals surface area contributed by atoms with Crippen LogP contribution in [0.1, 0.15) is 19.8 Å². The quantitative estimate of drug-likeness (QED) is 0.610. The van der Waals surface area contributed by atoms with Gasteiger partial charge >= 0.3 is 0 Å². The van der Waals surface area contributed by atoms with Crippen molar-refractivity contribution in [3.8, 4) is 0 Å². The molecule has 2 nitrogen and oxygen atoms in total. The lowest BCUT2D eigenvalue weighted by atomic mass is 10.1. The second-order valence-electron chi connectivity index (χ2n) is 3.41. The molecular formula is C8H18N2. The normalized spacial score (nSPS) is 29.4. The van der Waals surface area contributed by atoms with Gasteiger partial charge in [0.25, 0.3) is 0 Å². The first-order valence-electron chi connectivity index (χ1n) is 4.11. The second kappa shape index (κ2) is 3.35. The molecule has 1 rings (SSSR count). The maximum Gasteiger partial charge on any atom is 0.0220 e. The molecule has 0 aromatic carbocycles. The summed E-state index contributed by atoms with van der Waals surface area (Å²) in [7, 11) is 4.29. The molecule has 1 N–H and O–H groups in total. The maximum absolute atomic E-state index is 3.50. The lowest BCUT2D eigenvalue weighted by Gasteiger charge is -2.25. The third kappa shape index (κ3) is 1.70. The first kappa shape index (κ1) is 8.02. The molecule has 1 fully saturated rings. The number of rotatable bonds is 2. The van der Waals surface area contributed by atoms with Gasteiger partial charge in [0, 0.05) is 12.1 Å². The fraction of sp³-hybridized carbons (Fsp3) is 1.00. The maximum atomic E-state index is 3.50. The van der Waals surface area contributed by atoms with Gasteiger partial charge in [-0.3, -0.25) is 0 Å². The van der Waals surface area contributed by atoms with Gasteiger partial charge in [-0.2, -0.15) is 0 Å². The number of nitrogens with one attached hydrogen (secondary N) is 1. The minimum absolute atomic E-state index is 0.683. The van der Waals surface area contributed by atoms with Crippen LogP contribution >= 0.6 is 0 Å². The van der Waals surface area contributed by atoms with Gasteiger partial charge in [0.15, 0.2) is 0 Å². The van der Waals surface area contributed by atoms with E-state index >= 15 is 0 Å². The van der Waals surface area contributed by atoms with Crippen molar-refractivity contribution in [2.75, 3.05) is 20.6 Å². The van der Waals surface area contributed by atoms with Crippen LogP contribution in [-0.4, -0.2) is 37.6 Å². The summed E-state index contributed by atoms with van der Waals surface area (Å²) in [5, 5.41) is 3.50. The Kier molecular flexibility index (Phi) is 2.69. The predicted molar refractivity (Wildman–Crippen MR) is 44.2 cm³/mol. The van der Waals surface area contributed by atoms with Crippen LogP contribution in [0.15, 0.2) is 0 Å². The van der Waals surface area contributed by atoms with Crippen LogP contribution in [0.2, 0.25) is 0 Å². The van der Waals surface area contributed by atoms with Crippen LogP contribution in [0.4, 0.5) is 0 Å². The molecule has 10 heavy (non-hydrogen) atoms. The Hall–Kier alpha value is -0.0800. The van der Waals surface area contributed by atoms with Crippen LogP contribution in [0.25, 0.3) is 0 Å². The lowest BCUT2D eigenvalue weighted by molar-refractivity contribution is 0.259. The highest BCUT2D eigenvalue weighted by atomic mass is 15.1. The van der Waals surface area contributed by atoms with Gasteiger partial charge in [-0.25, -0.2) is 0 Å². The average Bonchev–Trinajstić information content (AvgIpc) is 2.36. The van der Waals surface area contributed by atoms with Crippen molar-refractivity contribution in [2.24, 2.45) is 0 Å². The molecule has 0 aromatic rings. The topological polar surface area (TPSA) is 15.3 Å². The highest BCUT2D eigenvalue weighted by Gasteiger charge is 2.21. The first-order chi connectivity index (χ1) is 4.72. The molecule has 0 bridgehead atoms. The van der Waals surface area contributed by atoms with E-state index in [1.165, 1.54) is 19.4 Å². The summed E-state index contributed by atoms with van der Waals surface area (Å²) in [4.78, 5) is 2.28. The Morgan fingerprint density at radius 3 is 2.60 bits per heavy atom. The zero-order valence-corrected chi connectivity index (χ0v) is 7.22. The second-order valence-corrected chi connectivity index (χ2v) is 3.41. The van der Waals surface area contributed by atoms with E-state index in [-0.39, 0.29) is 0 Å². The SMILES string of the molecule is CC(C1CCCN1)N(C)C. The molecule has 0 aromatic heterocycles. The average molecular weight is 142 g/mol. The Balaban J connectivity index is 2.32. The molecule has 1 aliphatic rings. The van der Waals surface area contributed by atoms with Crippen LogP contribution in [0.5, 0.6) is 0 Å². The van der Waals surface area contributed by atoms with E-state index in [1.54, 1.807) is 0 Å². The molecule has 1 saturated heterocycles. The summed E-state index contributed by atoms with van der Waals surface area (Å²) in [6.07, 6.45) is 2.70. The highest BCUT2D eigenvalue weighted by Crippen LogP contribution is 2.11. The van der Waals surface area contributed by atoms with Gasteiger partial charge in [0.2, 0.25) is 0 Å². The molecule has 0 spiro atoms. The van der Waals surface area contributed by atoms with E-state index in [0.29, 0.717) is 6.04 Å². The first-order valence-corrected chi connectivity index (χ1v) is 4.11. The van der Waals surface area contributed by atoms with Crippen molar-refractivity contribution in [2.45, 2.75) is 31.8 Å². The Morgan fingerprint density at radius 1 is 1.50 bits per heavy atom. The molecular weight excluding hydrogens is 124 g/mol. The van der Waals surface area contributed by atoms with Gasteiger partial charge in [-0.1, -0.05) is 0 Å². The minimum Gasteiger partial charge on any atom is -0.312 e. The molecule has 2 unspecified atom stereocenters. The molecule has 0 amide bonds. The molecule has 0 saturated carbocycles. The smallest absolute Gasteiger partial charge is 0.0220 e. The summed E-state index contributed by atoms with van der Waals surface area (Å²) < 4.78 is 0. The molecule has 2 atom stereocenters. The van der Waals surface area contributed by atoms with E-state index in [4.69, 9.17) is 0 Å². The van der Waals surface area contributed by atoms with Crippen molar-refractivity contribution >= 4 is 0 Å². The zero-order valence-electron chi connectivity index (χ0n) is 7.22. The molecule has 2 heteroatoms. The Labute approximate surface area is 63.6 Å². The summed E-state index contributed by atoms with van der Waals surface area (Å²) >= 11 is 0. The van der Waals surface area contributed by atoms with Crippen molar-refractivity contribution in [1.29, 1.82) is 0 Å². The van der Waals surface area contributed by atoms with E-state index in [0.717, 1.165) is 6.04 Å². The van der Waals surface area contributed by atoms with Gasteiger partial charge in [0.05, 0.1) is 0 Å². The van der Waals surface area contributed by atoms with Crippen molar-refractivity contribution in [1.82, 2.24) is 10.2 Å². The van der Waals surface area contributed by atoms with Gasteiger partial charge in [-0.15, -0.1) is 0 Å². The third-order valence-electron chi connectivity index (χ3n) is 2.50. The number of hydrogen-bond acceptors (Lipinski definition) is 2. The minimum atomic E-state index is 0.683. The third-order valence-corrected chi connectivity index (χ3v) is 2.50. The van der Waals surface area contributed by atoms with Crippen LogP contribution in [0, 0.1) is 0 Å². The standard InChI is InChI=1S/C8H18N2/c1-7(10(2)3)8-5-4-6-9-8/h7-9H,4-6H2,1-3H3. The van der Waals surface area contributed by atoms with Crippen molar-refractivity contribution in [3.05, 3.63) is 0 Å². The lowest BCUT2D eigenvalue weighted by Crippen LogP contribution is -2.41. The van der Waals surface area contributed by atoms with Gasteiger partial charge < -0.3 is 10.2 Å². The molecule has 60 valence electrons. The Bertz CT molecular complexity index is 95.4. The van der Waals surface area contributed by atoms with Gasteiger partial charge in [-0.05, 0) is 40.4 Å². The van der Waals surface area contributed by atoms with E-state index in [2.05, 4.69) is 31.2 Å². The van der Waals surface area contributed by atoms with Crippen LogP contribution < -0.4 is 5.32 Å². The van der Waals surface area contributed by atoms with Crippen LogP contribution in [0.3, 0.4) is 0 Å². The number of nitrogens with zero attached hydrogens (tertiary/aromatic N) is 1. The van der Waals surface area contributed by atoms with Gasteiger partial charge in [0.1, 0.15) is 0 Å². The molecule has 1 heterocycles. The Morgan fingerprint density at radius 2 is 2.20 bits per heavy atom. The van der Waals surface area contributed by atoms with Crippen molar-refractivity contribution < 1.29 is 0 Å². The molecule has 1 aliphatic heterocycles. The predicted octanol–water partition coefficient (Wildman–Crippen LogP) is 0.688. The monoisotopic (exact) mass is 142 g/mol. The molecule has 0 radical (unpaired) electrons. The fourth-order valence-corrected chi connectivity index (χ4v) is 1.48.